The molecule has 0 aliphatic carbocycles. The van der Waals surface area contributed by atoms with Crippen molar-refractivity contribution in [2.45, 2.75) is 71.1 Å². The number of aliphatic imine (C=N–C) groups is 1. The van der Waals surface area contributed by atoms with Crippen molar-refractivity contribution < 1.29 is 97.3 Å². The monoisotopic (exact) mass is 1310 g/mol. The number of benzene rings is 3. The standard InChI is InChI=1S/C63H90F4N6O17S/c1-5-15-72(16-7-14-69-57(75)42-63(2,3)4)62(77)50-37-49-11-10-48(39-54(49)71-55(68)40-50)47-8-6-9-51(38-47)91(78,79)73-44-46(45-73)43-70-56(74)12-17-80-19-21-82-23-25-84-27-29-86-31-33-88-35-36-89-34-32-87-30-28-85-26-24-83-22-20-81-18-13-58(76)90-61-59(66)52(64)41-53(65)60(61)67/h6,8-11,37-39,41,46H,5,7,12-36,40,42-45H2,1-4H3,(H2,68,71)(H,69,75)(H,70,74). The summed E-state index contributed by atoms with van der Waals surface area (Å²) in [6.07, 6.45) is 3.54. The smallest absolute Gasteiger partial charge is 0.313 e. The number of hydrogen-bond donors (Lipinski definition) is 3. The molecule has 2 aliphatic heterocycles. The Balaban J connectivity index is 0.786. The molecule has 3 aromatic rings. The second-order valence-corrected chi connectivity index (χ2v) is 24.3. The molecule has 28 heteroatoms. The maximum Gasteiger partial charge on any atom is 0.313 e. The van der Waals surface area contributed by atoms with E-state index in [-0.39, 0.29) is 105 Å². The minimum atomic E-state index is -3.81. The van der Waals surface area contributed by atoms with E-state index in [2.05, 4.69) is 20.4 Å². The molecule has 0 atom stereocenters. The van der Waals surface area contributed by atoms with Crippen molar-refractivity contribution in [1.82, 2.24) is 19.8 Å². The lowest BCUT2D eigenvalue weighted by molar-refractivity contribution is -0.136. The Morgan fingerprint density at radius 1 is 0.637 bits per heavy atom. The van der Waals surface area contributed by atoms with Crippen LogP contribution in [0.3, 0.4) is 0 Å². The number of nitrogens with one attached hydrogen (secondary N) is 2. The topological polar surface area (TPSA) is 273 Å². The molecule has 0 bridgehead atoms. The number of halogens is 4. The van der Waals surface area contributed by atoms with Crippen LogP contribution in [0.2, 0.25) is 0 Å². The fourth-order valence-corrected chi connectivity index (χ4v) is 10.6. The first-order chi connectivity index (χ1) is 43.7. The number of rotatable bonds is 47. The minimum Gasteiger partial charge on any atom is -0.420 e. The lowest BCUT2D eigenvalue weighted by Crippen LogP contribution is -2.53. The van der Waals surface area contributed by atoms with Gasteiger partial charge in [-0.3, -0.25) is 19.2 Å². The molecule has 1 saturated heterocycles. The van der Waals surface area contributed by atoms with Crippen LogP contribution in [0.5, 0.6) is 5.75 Å². The lowest BCUT2D eigenvalue weighted by atomic mass is 9.92. The SMILES string of the molecule is CCCN(CCCNC(=O)CC(C)(C)C)C(=O)C1=Cc2ccc(-c3cccc(S(=O)(=O)N4CC(CNC(=O)CCOCCOCCOCCOCCOCCOCCOCCOCCOCCOCCC(=O)Oc5c(F)c(F)cc(F)c5F)C4)c3)cc2N=C(N)C1. The van der Waals surface area contributed by atoms with Crippen LogP contribution in [0.15, 0.2) is 64.0 Å². The van der Waals surface area contributed by atoms with E-state index in [0.29, 0.717) is 161 Å². The fourth-order valence-electron chi connectivity index (χ4n) is 8.92. The number of amidine groups is 1. The van der Waals surface area contributed by atoms with Gasteiger partial charge in [0.05, 0.1) is 149 Å². The van der Waals surface area contributed by atoms with E-state index in [0.717, 1.165) is 12.0 Å². The van der Waals surface area contributed by atoms with Crippen LogP contribution in [-0.2, 0) is 76.6 Å². The molecule has 0 unspecified atom stereocenters. The Hall–Kier alpha value is -6.02. The highest BCUT2D eigenvalue weighted by Gasteiger charge is 2.37. The highest BCUT2D eigenvalue weighted by molar-refractivity contribution is 7.89. The molecule has 508 valence electrons. The van der Waals surface area contributed by atoms with Crippen molar-refractivity contribution >= 4 is 51.3 Å². The van der Waals surface area contributed by atoms with Crippen LogP contribution < -0.4 is 21.1 Å². The lowest BCUT2D eigenvalue weighted by Gasteiger charge is -2.38. The van der Waals surface area contributed by atoms with E-state index < -0.39 is 51.4 Å². The average Bonchev–Trinajstić information content (AvgIpc) is 1.32. The van der Waals surface area contributed by atoms with Crippen molar-refractivity contribution in [2.75, 3.05) is 171 Å². The van der Waals surface area contributed by atoms with Crippen molar-refractivity contribution in [3.05, 3.63) is 82.9 Å². The maximum absolute atomic E-state index is 13.9. The van der Waals surface area contributed by atoms with Gasteiger partial charge in [0.25, 0.3) is 0 Å². The van der Waals surface area contributed by atoms with E-state index >= 15 is 0 Å². The Morgan fingerprint density at radius 2 is 1.13 bits per heavy atom. The van der Waals surface area contributed by atoms with Crippen LogP contribution in [0.1, 0.15) is 71.8 Å². The summed E-state index contributed by atoms with van der Waals surface area (Å²) in [6.45, 7) is 16.6. The highest BCUT2D eigenvalue weighted by Crippen LogP contribution is 2.34. The molecule has 0 saturated carbocycles. The number of sulfonamides is 1. The van der Waals surface area contributed by atoms with Crippen LogP contribution >= 0.6 is 0 Å². The summed E-state index contributed by atoms with van der Waals surface area (Å²) in [4.78, 5) is 57.0. The summed E-state index contributed by atoms with van der Waals surface area (Å²) in [5, 5.41) is 5.84. The first kappa shape index (κ1) is 75.7. The van der Waals surface area contributed by atoms with Gasteiger partial charge < -0.3 is 73.4 Å². The van der Waals surface area contributed by atoms with Gasteiger partial charge >= 0.3 is 5.97 Å². The quantitative estimate of drug-likeness (QED) is 0.0188. The summed E-state index contributed by atoms with van der Waals surface area (Å²) in [5.41, 5.74) is 9.47. The number of nitrogens with zero attached hydrogens (tertiary/aromatic N) is 3. The molecule has 3 amide bonds. The summed E-state index contributed by atoms with van der Waals surface area (Å²) in [6, 6.07) is 12.3. The van der Waals surface area contributed by atoms with Crippen LogP contribution in [0, 0.1) is 34.6 Å². The molecule has 3 aromatic carbocycles. The predicted molar refractivity (Wildman–Crippen MR) is 329 cm³/mol. The van der Waals surface area contributed by atoms with Crippen molar-refractivity contribution in [1.29, 1.82) is 0 Å². The molecule has 23 nitrogen and oxygen atoms in total. The number of nitrogens with two attached hydrogens (primary N) is 1. The zero-order valence-electron chi connectivity index (χ0n) is 52.7. The van der Waals surface area contributed by atoms with E-state index in [4.69, 9.17) is 53.1 Å². The molecule has 91 heavy (non-hydrogen) atoms. The third kappa shape index (κ3) is 28.8. The fraction of sp³-hybridized carbons (Fsp3) is 0.603. The molecule has 0 spiro atoms. The van der Waals surface area contributed by atoms with Crippen molar-refractivity contribution in [3.63, 3.8) is 0 Å². The van der Waals surface area contributed by atoms with E-state index in [1.807, 2.05) is 58.0 Å². The molecule has 0 aromatic heterocycles. The predicted octanol–water partition coefficient (Wildman–Crippen LogP) is 6.16. The van der Waals surface area contributed by atoms with Gasteiger partial charge in [-0.05, 0) is 53.7 Å². The summed E-state index contributed by atoms with van der Waals surface area (Å²) in [7, 11) is -3.81. The third-order valence-corrected chi connectivity index (χ3v) is 15.4. The van der Waals surface area contributed by atoms with E-state index in [9.17, 15) is 45.2 Å². The van der Waals surface area contributed by atoms with E-state index in [1.165, 1.54) is 4.31 Å². The van der Waals surface area contributed by atoms with E-state index in [1.54, 1.807) is 23.1 Å². The molecule has 2 aliphatic rings. The number of hydrogen-bond acceptors (Lipinski definition) is 19. The molecule has 4 N–H and O–H groups in total. The second-order valence-electron chi connectivity index (χ2n) is 22.4. The van der Waals surface area contributed by atoms with Gasteiger partial charge in [0.15, 0.2) is 11.6 Å². The van der Waals surface area contributed by atoms with Crippen LogP contribution in [0.25, 0.3) is 17.2 Å². The summed E-state index contributed by atoms with van der Waals surface area (Å²) >= 11 is 0. The molecular formula is C63H90F4N6O17S. The van der Waals surface area contributed by atoms with Crippen molar-refractivity contribution in [3.8, 4) is 16.9 Å². The normalized spacial score (nSPS) is 13.7. The molecule has 5 rings (SSSR count). The number of fused-ring (bicyclic) bond motifs is 1. The van der Waals surface area contributed by atoms with Crippen LogP contribution in [0.4, 0.5) is 23.2 Å². The summed E-state index contributed by atoms with van der Waals surface area (Å²) < 4.78 is 141. The zero-order chi connectivity index (χ0) is 65.9. The second kappa shape index (κ2) is 41.5. The molecule has 0 radical (unpaired) electrons. The molecule has 1 fully saturated rings. The molecular weight excluding hydrogens is 1220 g/mol. The molecule has 2 heterocycles. The Morgan fingerprint density at radius 3 is 1.64 bits per heavy atom. The number of ether oxygens (including phenoxy) is 11. The number of amides is 3. The number of carbonyl (C=O) groups is 4. The van der Waals surface area contributed by atoms with Gasteiger partial charge in [-0.25, -0.2) is 22.2 Å². The highest BCUT2D eigenvalue weighted by atomic mass is 32.2. The number of carbonyl (C=O) groups excluding carboxylic acids is 4. The van der Waals surface area contributed by atoms with Crippen LogP contribution in [-0.4, -0.2) is 219 Å². The van der Waals surface area contributed by atoms with Gasteiger partial charge in [-0.2, -0.15) is 13.1 Å². The Bertz CT molecular complexity index is 2890. The number of esters is 1. The largest absolute Gasteiger partial charge is 0.420 e. The van der Waals surface area contributed by atoms with Gasteiger partial charge in [-0.1, -0.05) is 52.0 Å². The average molecular weight is 1310 g/mol. The first-order valence-corrected chi connectivity index (χ1v) is 32.1. The van der Waals surface area contributed by atoms with Gasteiger partial charge in [0, 0.05) is 81.7 Å². The Labute approximate surface area is 530 Å². The maximum atomic E-state index is 13.9. The van der Waals surface area contributed by atoms with Crippen molar-refractivity contribution in [2.24, 2.45) is 22.1 Å². The first-order valence-electron chi connectivity index (χ1n) is 30.7. The van der Waals surface area contributed by atoms with Gasteiger partial charge in [0.2, 0.25) is 45.1 Å². The van der Waals surface area contributed by atoms with Gasteiger partial charge in [0.1, 0.15) is 5.84 Å². The van der Waals surface area contributed by atoms with Gasteiger partial charge in [-0.15, -0.1) is 0 Å². The third-order valence-electron chi connectivity index (χ3n) is 13.5. The Kier molecular flexibility index (Phi) is 34.6. The minimum absolute atomic E-state index is 0.0101. The zero-order valence-corrected chi connectivity index (χ0v) is 53.5. The summed E-state index contributed by atoms with van der Waals surface area (Å²) in [5.74, 6) is -9.64.